The van der Waals surface area contributed by atoms with Crippen LogP contribution in [0.25, 0.3) is 11.3 Å². The maximum atomic E-state index is 5.89. The zero-order valence-electron chi connectivity index (χ0n) is 12.0. The molecule has 1 aromatic heterocycles. The SMILES string of the molecule is C/C(=N/Nc1nc(-c2ccccc2)cs1)c1ccc(Cl)cc1. The highest BCUT2D eigenvalue weighted by atomic mass is 35.5. The Morgan fingerprint density at radius 3 is 2.55 bits per heavy atom. The van der Waals surface area contributed by atoms with Gasteiger partial charge in [0.15, 0.2) is 0 Å². The van der Waals surface area contributed by atoms with Crippen LogP contribution in [0.1, 0.15) is 12.5 Å². The standard InChI is InChI=1S/C17H14ClN3S/c1-12(13-7-9-15(18)10-8-13)20-21-17-19-16(11-22-17)14-5-3-2-4-6-14/h2-11H,1H3,(H,19,21)/b20-12-. The van der Waals surface area contributed by atoms with Crippen LogP contribution in [0, 0.1) is 0 Å². The molecule has 22 heavy (non-hydrogen) atoms. The summed E-state index contributed by atoms with van der Waals surface area (Å²) in [4.78, 5) is 4.54. The minimum absolute atomic E-state index is 0.719. The Kier molecular flexibility index (Phi) is 4.51. The molecule has 0 atom stereocenters. The molecule has 1 heterocycles. The number of hydrogen-bond donors (Lipinski definition) is 1. The number of anilines is 1. The molecular formula is C17H14ClN3S. The first-order valence-corrected chi connectivity index (χ1v) is 8.05. The second kappa shape index (κ2) is 6.73. The highest BCUT2D eigenvalue weighted by molar-refractivity contribution is 7.14. The number of nitrogens with zero attached hydrogens (tertiary/aromatic N) is 2. The highest BCUT2D eigenvalue weighted by Crippen LogP contribution is 2.24. The van der Waals surface area contributed by atoms with Gasteiger partial charge in [-0.1, -0.05) is 54.1 Å². The first-order valence-electron chi connectivity index (χ1n) is 6.79. The number of benzene rings is 2. The van der Waals surface area contributed by atoms with E-state index in [4.69, 9.17) is 11.6 Å². The van der Waals surface area contributed by atoms with Crippen molar-refractivity contribution in [3.63, 3.8) is 0 Å². The van der Waals surface area contributed by atoms with E-state index in [2.05, 4.69) is 15.5 Å². The first kappa shape index (κ1) is 14.8. The molecule has 0 aliphatic heterocycles. The van der Waals surface area contributed by atoms with Gasteiger partial charge in [0.05, 0.1) is 11.4 Å². The van der Waals surface area contributed by atoms with E-state index in [1.807, 2.05) is 66.9 Å². The molecule has 3 rings (SSSR count). The molecule has 0 bridgehead atoms. The van der Waals surface area contributed by atoms with Crippen molar-refractivity contribution in [1.82, 2.24) is 4.98 Å². The number of halogens is 1. The van der Waals surface area contributed by atoms with Gasteiger partial charge in [-0.05, 0) is 24.6 Å². The van der Waals surface area contributed by atoms with Crippen LogP contribution in [0.3, 0.4) is 0 Å². The molecule has 0 spiro atoms. The largest absolute Gasteiger partial charge is 0.252 e. The van der Waals surface area contributed by atoms with Gasteiger partial charge in [0, 0.05) is 16.0 Å². The van der Waals surface area contributed by atoms with Gasteiger partial charge in [-0.25, -0.2) is 4.98 Å². The van der Waals surface area contributed by atoms with Gasteiger partial charge in [0.25, 0.3) is 0 Å². The van der Waals surface area contributed by atoms with Gasteiger partial charge in [-0.15, -0.1) is 11.3 Å². The van der Waals surface area contributed by atoms with Crippen LogP contribution in [0.4, 0.5) is 5.13 Å². The zero-order chi connectivity index (χ0) is 15.4. The third-order valence-electron chi connectivity index (χ3n) is 3.15. The fraction of sp³-hybridized carbons (Fsp3) is 0.0588. The van der Waals surface area contributed by atoms with E-state index in [1.165, 1.54) is 11.3 Å². The summed E-state index contributed by atoms with van der Waals surface area (Å²) in [5, 5.41) is 7.88. The van der Waals surface area contributed by atoms with Crippen LogP contribution in [0.5, 0.6) is 0 Å². The second-order valence-electron chi connectivity index (χ2n) is 4.72. The van der Waals surface area contributed by atoms with Gasteiger partial charge >= 0.3 is 0 Å². The van der Waals surface area contributed by atoms with E-state index >= 15 is 0 Å². The van der Waals surface area contributed by atoms with Crippen molar-refractivity contribution in [1.29, 1.82) is 0 Å². The third kappa shape index (κ3) is 3.53. The first-order chi connectivity index (χ1) is 10.7. The molecule has 0 amide bonds. The minimum Gasteiger partial charge on any atom is -0.252 e. The summed E-state index contributed by atoms with van der Waals surface area (Å²) in [6.07, 6.45) is 0. The van der Waals surface area contributed by atoms with Crippen LogP contribution in [0.2, 0.25) is 5.02 Å². The molecule has 3 aromatic rings. The normalized spacial score (nSPS) is 11.5. The van der Waals surface area contributed by atoms with Gasteiger partial charge in [-0.3, -0.25) is 5.43 Å². The van der Waals surface area contributed by atoms with Crippen LogP contribution in [-0.2, 0) is 0 Å². The summed E-state index contributed by atoms with van der Waals surface area (Å²) in [6.45, 7) is 1.95. The zero-order valence-corrected chi connectivity index (χ0v) is 13.5. The summed E-state index contributed by atoms with van der Waals surface area (Å²) in [5.74, 6) is 0. The van der Waals surface area contributed by atoms with E-state index in [1.54, 1.807) is 0 Å². The van der Waals surface area contributed by atoms with Crippen molar-refractivity contribution in [2.24, 2.45) is 5.10 Å². The summed E-state index contributed by atoms with van der Waals surface area (Å²) in [6, 6.07) is 17.7. The van der Waals surface area contributed by atoms with Crippen LogP contribution < -0.4 is 5.43 Å². The number of hydrazone groups is 1. The van der Waals surface area contributed by atoms with Crippen molar-refractivity contribution in [2.75, 3.05) is 5.43 Å². The summed E-state index contributed by atoms with van der Waals surface area (Å²) < 4.78 is 0. The number of hydrogen-bond acceptors (Lipinski definition) is 4. The van der Waals surface area contributed by atoms with E-state index in [0.29, 0.717) is 0 Å². The maximum absolute atomic E-state index is 5.89. The van der Waals surface area contributed by atoms with E-state index in [0.717, 1.165) is 32.7 Å². The van der Waals surface area contributed by atoms with Crippen LogP contribution >= 0.6 is 22.9 Å². The molecule has 0 aliphatic rings. The summed E-state index contributed by atoms with van der Waals surface area (Å²) in [7, 11) is 0. The molecule has 110 valence electrons. The monoisotopic (exact) mass is 327 g/mol. The van der Waals surface area contributed by atoms with Crippen molar-refractivity contribution in [3.8, 4) is 11.3 Å². The van der Waals surface area contributed by atoms with Crippen molar-refractivity contribution < 1.29 is 0 Å². The lowest BCUT2D eigenvalue weighted by atomic mass is 10.1. The van der Waals surface area contributed by atoms with E-state index in [9.17, 15) is 0 Å². The molecule has 3 nitrogen and oxygen atoms in total. The fourth-order valence-corrected chi connectivity index (χ4v) is 2.74. The Labute approximate surface area is 138 Å². The summed E-state index contributed by atoms with van der Waals surface area (Å²) >= 11 is 7.42. The molecule has 0 unspecified atom stereocenters. The second-order valence-corrected chi connectivity index (χ2v) is 6.01. The minimum atomic E-state index is 0.719. The Hall–Kier alpha value is -2.17. The lowest BCUT2D eigenvalue weighted by molar-refractivity contribution is 1.27. The Morgan fingerprint density at radius 1 is 1.09 bits per heavy atom. The average Bonchev–Trinajstić information content (AvgIpc) is 3.03. The molecule has 0 radical (unpaired) electrons. The lowest BCUT2D eigenvalue weighted by Gasteiger charge is -2.01. The van der Waals surface area contributed by atoms with Crippen molar-refractivity contribution >= 4 is 33.8 Å². The smallest absolute Gasteiger partial charge is 0.203 e. The Balaban J connectivity index is 1.73. The Morgan fingerprint density at radius 2 is 1.82 bits per heavy atom. The molecule has 0 saturated heterocycles. The van der Waals surface area contributed by atoms with Gasteiger partial charge in [0.2, 0.25) is 5.13 Å². The predicted molar refractivity (Wildman–Crippen MR) is 94.8 cm³/mol. The van der Waals surface area contributed by atoms with Crippen molar-refractivity contribution in [3.05, 3.63) is 70.6 Å². The highest BCUT2D eigenvalue weighted by Gasteiger charge is 2.03. The van der Waals surface area contributed by atoms with Gasteiger partial charge in [0.1, 0.15) is 0 Å². The van der Waals surface area contributed by atoms with Crippen molar-refractivity contribution in [2.45, 2.75) is 6.92 Å². The molecule has 1 N–H and O–H groups in total. The number of rotatable bonds is 4. The lowest BCUT2D eigenvalue weighted by Crippen LogP contribution is -1.99. The number of nitrogens with one attached hydrogen (secondary N) is 1. The maximum Gasteiger partial charge on any atom is 0.203 e. The van der Waals surface area contributed by atoms with E-state index in [-0.39, 0.29) is 0 Å². The Bertz CT molecular complexity index is 779. The number of thiazole rings is 1. The average molecular weight is 328 g/mol. The quantitative estimate of drug-likeness (QED) is 0.521. The fourth-order valence-electron chi connectivity index (χ4n) is 1.95. The molecule has 0 aliphatic carbocycles. The predicted octanol–water partition coefficient (Wildman–Crippen LogP) is 5.30. The van der Waals surface area contributed by atoms with Gasteiger partial charge in [-0.2, -0.15) is 5.10 Å². The van der Waals surface area contributed by atoms with Crippen LogP contribution in [-0.4, -0.2) is 10.7 Å². The van der Waals surface area contributed by atoms with E-state index < -0.39 is 0 Å². The molecular weight excluding hydrogens is 314 g/mol. The topological polar surface area (TPSA) is 37.3 Å². The third-order valence-corrected chi connectivity index (χ3v) is 4.15. The summed E-state index contributed by atoms with van der Waals surface area (Å²) in [5.41, 5.74) is 6.97. The molecule has 0 saturated carbocycles. The molecule has 2 aromatic carbocycles. The van der Waals surface area contributed by atoms with Gasteiger partial charge < -0.3 is 0 Å². The molecule has 0 fully saturated rings. The molecule has 5 heteroatoms. The van der Waals surface area contributed by atoms with Crippen LogP contribution in [0.15, 0.2) is 65.1 Å². The number of aromatic nitrogens is 1.